The van der Waals surface area contributed by atoms with Gasteiger partial charge in [0.25, 0.3) is 0 Å². The van der Waals surface area contributed by atoms with Crippen molar-refractivity contribution >= 4 is 33.7 Å². The van der Waals surface area contributed by atoms with Gasteiger partial charge in [-0.2, -0.15) is 0 Å². The molecule has 0 amide bonds. The summed E-state index contributed by atoms with van der Waals surface area (Å²) < 4.78 is 34.5. The van der Waals surface area contributed by atoms with E-state index in [1.54, 1.807) is 24.4 Å². The largest absolute Gasteiger partial charge is 0.378 e. The van der Waals surface area contributed by atoms with Gasteiger partial charge >= 0.3 is 0 Å². The highest BCUT2D eigenvalue weighted by Gasteiger charge is 2.20. The lowest BCUT2D eigenvalue weighted by molar-refractivity contribution is 0.123. The molecule has 0 saturated carbocycles. The normalized spacial score (nSPS) is 13.6. The molecule has 1 fully saturated rings. The van der Waals surface area contributed by atoms with E-state index in [9.17, 15) is 4.39 Å². The first-order valence-corrected chi connectivity index (χ1v) is 10.9. The number of anilines is 3. The molecule has 3 heterocycles. The summed E-state index contributed by atoms with van der Waals surface area (Å²) in [7, 11) is 0. The minimum absolute atomic E-state index is 0.192. The molecule has 0 bridgehead atoms. The van der Waals surface area contributed by atoms with Crippen molar-refractivity contribution < 1.29 is 13.5 Å². The number of fused-ring (bicyclic) bond motifs is 1. The average Bonchev–Trinajstić information content (AvgIpc) is 2.86. The van der Waals surface area contributed by atoms with Crippen LogP contribution in [0.4, 0.5) is 31.5 Å². The van der Waals surface area contributed by atoms with Crippen LogP contribution in [0.5, 0.6) is 0 Å². The first kappa shape index (κ1) is 21.7. The van der Waals surface area contributed by atoms with Crippen LogP contribution in [-0.2, 0) is 4.74 Å². The summed E-state index contributed by atoms with van der Waals surface area (Å²) in [4.78, 5) is 14.7. The molecule has 0 unspecified atom stereocenters. The fraction of sp³-hybridized carbons (Fsp3) is 0.192. The molecule has 1 saturated heterocycles. The number of nitrogens with zero attached hydrogens (tertiary/aromatic N) is 4. The van der Waals surface area contributed by atoms with Crippen molar-refractivity contribution in [3.05, 3.63) is 83.3 Å². The van der Waals surface area contributed by atoms with Crippen LogP contribution in [0.3, 0.4) is 0 Å². The van der Waals surface area contributed by atoms with Gasteiger partial charge in [-0.25, -0.2) is 18.6 Å². The number of ether oxygens (including phenoxy) is 1. The molecule has 1 N–H and O–H groups in total. The highest BCUT2D eigenvalue weighted by atomic mass is 19.1. The van der Waals surface area contributed by atoms with Gasteiger partial charge in [0.05, 0.1) is 47.8 Å². The van der Waals surface area contributed by atoms with Crippen LogP contribution in [-0.4, -0.2) is 36.3 Å². The minimum Gasteiger partial charge on any atom is -0.378 e. The van der Waals surface area contributed by atoms with E-state index in [4.69, 9.17) is 11.3 Å². The van der Waals surface area contributed by atoms with Gasteiger partial charge in [0, 0.05) is 48.4 Å². The molecule has 4 aromatic rings. The van der Waals surface area contributed by atoms with Crippen molar-refractivity contribution in [1.82, 2.24) is 9.97 Å². The summed E-state index contributed by atoms with van der Waals surface area (Å²) >= 11 is 0. The molecule has 8 heteroatoms. The lowest BCUT2D eigenvalue weighted by atomic mass is 10.0. The van der Waals surface area contributed by atoms with Crippen LogP contribution in [0.15, 0.2) is 54.7 Å². The minimum atomic E-state index is -0.702. The Labute approximate surface area is 195 Å². The third-order valence-corrected chi connectivity index (χ3v) is 5.87. The van der Waals surface area contributed by atoms with Crippen LogP contribution in [0, 0.1) is 25.1 Å². The second-order valence-corrected chi connectivity index (χ2v) is 8.00. The first-order valence-electron chi connectivity index (χ1n) is 10.9. The smallest absolute Gasteiger partial charge is 0.209 e. The average molecular weight is 457 g/mol. The Morgan fingerprint density at radius 1 is 1.09 bits per heavy atom. The molecule has 34 heavy (non-hydrogen) atoms. The number of hydrogen-bond donors (Lipinski definition) is 1. The van der Waals surface area contributed by atoms with Crippen molar-refractivity contribution in [3.8, 4) is 11.4 Å². The number of morpholine rings is 1. The molecule has 0 atom stereocenters. The Morgan fingerprint density at radius 3 is 2.65 bits per heavy atom. The topological polar surface area (TPSA) is 54.6 Å². The number of halogens is 2. The Kier molecular flexibility index (Phi) is 5.78. The van der Waals surface area contributed by atoms with Gasteiger partial charge in [0.1, 0.15) is 11.6 Å². The molecule has 2 aromatic heterocycles. The summed E-state index contributed by atoms with van der Waals surface area (Å²) in [6.45, 7) is 11.9. The Bertz CT molecular complexity index is 1410. The highest BCUT2D eigenvalue weighted by molar-refractivity contribution is 5.98. The van der Waals surface area contributed by atoms with Crippen LogP contribution < -0.4 is 10.2 Å². The van der Waals surface area contributed by atoms with Crippen LogP contribution in [0.2, 0.25) is 0 Å². The monoisotopic (exact) mass is 457 g/mol. The molecule has 5 rings (SSSR count). The van der Waals surface area contributed by atoms with E-state index in [2.05, 4.69) is 25.0 Å². The standard InChI is InChI=1S/C26H21F2N5O/c1-16-25(21-5-3-4-8-30-21)32-22-14-17(27)13-19(28)24(22)26(16)31-18-6-7-20(29-2)23(15-18)33-9-11-34-12-10-33/h3-8,13-15H,9-12H2,1H3,(H,31,32). The van der Waals surface area contributed by atoms with Gasteiger partial charge in [-0.15, -0.1) is 0 Å². The van der Waals surface area contributed by atoms with Crippen molar-refractivity contribution in [3.63, 3.8) is 0 Å². The lowest BCUT2D eigenvalue weighted by Crippen LogP contribution is -2.36. The van der Waals surface area contributed by atoms with Crippen LogP contribution in [0.1, 0.15) is 5.56 Å². The van der Waals surface area contributed by atoms with E-state index in [1.807, 2.05) is 25.1 Å². The second-order valence-electron chi connectivity index (χ2n) is 8.00. The predicted octanol–water partition coefficient (Wildman–Crippen LogP) is 6.01. The van der Waals surface area contributed by atoms with Gasteiger partial charge in [0.2, 0.25) is 5.69 Å². The molecule has 1 aliphatic rings. The molecule has 0 spiro atoms. The van der Waals surface area contributed by atoms with Gasteiger partial charge in [0.15, 0.2) is 0 Å². The van der Waals surface area contributed by atoms with E-state index in [1.165, 1.54) is 6.07 Å². The molecule has 1 aliphatic heterocycles. The zero-order valence-electron chi connectivity index (χ0n) is 18.5. The third kappa shape index (κ3) is 4.02. The Balaban J connectivity index is 1.67. The Morgan fingerprint density at radius 2 is 1.91 bits per heavy atom. The number of rotatable bonds is 4. The van der Waals surface area contributed by atoms with E-state index in [-0.39, 0.29) is 10.9 Å². The number of pyridine rings is 2. The Hall–Kier alpha value is -4.09. The van der Waals surface area contributed by atoms with Crippen LogP contribution in [0.25, 0.3) is 27.1 Å². The molecule has 6 nitrogen and oxygen atoms in total. The zero-order valence-corrected chi connectivity index (χ0v) is 18.5. The third-order valence-electron chi connectivity index (χ3n) is 5.87. The van der Waals surface area contributed by atoms with Gasteiger partial charge in [-0.05, 0) is 31.2 Å². The lowest BCUT2D eigenvalue weighted by Gasteiger charge is -2.30. The van der Waals surface area contributed by atoms with E-state index < -0.39 is 11.6 Å². The molecule has 170 valence electrons. The van der Waals surface area contributed by atoms with Crippen molar-refractivity contribution in [2.75, 3.05) is 36.5 Å². The second kappa shape index (κ2) is 9.04. The first-order chi connectivity index (χ1) is 16.5. The summed E-state index contributed by atoms with van der Waals surface area (Å²) in [6.07, 6.45) is 1.65. The maximum Gasteiger partial charge on any atom is 0.209 e. The molecule has 2 aromatic carbocycles. The molecule has 0 aliphatic carbocycles. The number of hydrogen-bond acceptors (Lipinski definition) is 5. The summed E-state index contributed by atoms with van der Waals surface area (Å²) in [6, 6.07) is 12.9. The van der Waals surface area contributed by atoms with E-state index >= 15 is 4.39 Å². The summed E-state index contributed by atoms with van der Waals surface area (Å²) in [5.41, 5.74) is 4.49. The van der Waals surface area contributed by atoms with Crippen molar-refractivity contribution in [2.45, 2.75) is 6.92 Å². The molecular weight excluding hydrogens is 436 g/mol. The van der Waals surface area contributed by atoms with Crippen LogP contribution >= 0.6 is 0 Å². The van der Waals surface area contributed by atoms with Gasteiger partial charge in [-0.1, -0.05) is 12.1 Å². The highest BCUT2D eigenvalue weighted by Crippen LogP contribution is 2.38. The van der Waals surface area contributed by atoms with Gasteiger partial charge < -0.3 is 15.0 Å². The number of nitrogens with one attached hydrogen (secondary N) is 1. The van der Waals surface area contributed by atoms with Gasteiger partial charge in [-0.3, -0.25) is 4.98 Å². The van der Waals surface area contributed by atoms with E-state index in [0.717, 1.165) is 11.8 Å². The summed E-state index contributed by atoms with van der Waals surface area (Å²) in [5.74, 6) is -1.40. The molecular formula is C26H21F2N5O. The van der Waals surface area contributed by atoms with Crippen molar-refractivity contribution in [2.24, 2.45) is 0 Å². The maximum absolute atomic E-state index is 15.0. The number of benzene rings is 2. The SMILES string of the molecule is [C-]#[N+]c1ccc(Nc2c(C)c(-c3ccccn3)nc3cc(F)cc(F)c23)cc1N1CCOCC1. The fourth-order valence-electron chi connectivity index (χ4n) is 4.21. The fourth-order valence-corrected chi connectivity index (χ4v) is 4.21. The molecule has 0 radical (unpaired) electrons. The van der Waals surface area contributed by atoms with Crippen molar-refractivity contribution in [1.29, 1.82) is 0 Å². The van der Waals surface area contributed by atoms with E-state index in [0.29, 0.717) is 60.3 Å². The maximum atomic E-state index is 15.0. The predicted molar refractivity (Wildman–Crippen MR) is 129 cm³/mol. The zero-order chi connectivity index (χ0) is 23.7. The summed E-state index contributed by atoms with van der Waals surface area (Å²) in [5, 5.41) is 3.52. The quantitative estimate of drug-likeness (QED) is 0.380. The number of aromatic nitrogens is 2.